The van der Waals surface area contributed by atoms with Crippen molar-refractivity contribution >= 4 is 30.1 Å². The fraction of sp³-hybridized carbons (Fsp3) is 0.182. The van der Waals surface area contributed by atoms with E-state index >= 15 is 0 Å². The number of rotatable bonds is 7. The summed E-state index contributed by atoms with van der Waals surface area (Å²) in [5.74, 6) is 0. The molecule has 0 saturated carbocycles. The van der Waals surface area contributed by atoms with Crippen molar-refractivity contribution in [1.29, 1.82) is 0 Å². The van der Waals surface area contributed by atoms with Crippen molar-refractivity contribution in [3.05, 3.63) is 167 Å². The van der Waals surface area contributed by atoms with E-state index < -0.39 is 8.16 Å². The lowest BCUT2D eigenvalue weighted by atomic mass is 9.90. The van der Waals surface area contributed by atoms with Crippen LogP contribution < -0.4 is 4.67 Å². The smallest absolute Gasteiger partial charge is 0.310 e. The lowest BCUT2D eigenvalue weighted by Crippen LogP contribution is -2.27. The van der Waals surface area contributed by atoms with Crippen molar-refractivity contribution in [2.24, 2.45) is 0 Å². The highest BCUT2D eigenvalue weighted by atomic mass is 31.1. The van der Waals surface area contributed by atoms with E-state index in [2.05, 4.69) is 180 Å². The molecule has 7 rings (SSSR count). The minimum atomic E-state index is -1.68. The molecule has 0 spiro atoms. The second-order valence-electron chi connectivity index (χ2n) is 12.8. The maximum absolute atomic E-state index is 7.46. The summed E-state index contributed by atoms with van der Waals surface area (Å²) in [6, 6.07) is 47.3. The molecular weight excluding hydrogens is 605 g/mol. The number of benzene rings is 6. The second-order valence-corrected chi connectivity index (χ2v) is 14.1. The first-order chi connectivity index (χ1) is 23.3. The Labute approximate surface area is 285 Å². The number of hydrogen-bond acceptors (Lipinski definition) is 3. The van der Waals surface area contributed by atoms with E-state index in [0.717, 1.165) is 44.2 Å². The molecule has 4 heteroatoms. The third-order valence-electron chi connectivity index (χ3n) is 9.90. The van der Waals surface area contributed by atoms with Gasteiger partial charge in [0.15, 0.2) is 11.2 Å². The SMILES string of the molecule is Cc1cc(-c2ccccc2)c2op(N([C@H](C)c3ccccc3)[C@H](C)c3ccccc3)oc3c(-c4ccccc4)cc(C)c(C)c3c2c1C. The third kappa shape index (κ3) is 5.79. The van der Waals surface area contributed by atoms with Gasteiger partial charge in [-0.3, -0.25) is 0 Å². The molecule has 0 aliphatic carbocycles. The molecule has 0 amide bonds. The molecule has 0 aliphatic rings. The average Bonchev–Trinajstić information content (AvgIpc) is 3.31. The summed E-state index contributed by atoms with van der Waals surface area (Å²) in [4.78, 5) is 0. The van der Waals surface area contributed by atoms with Crippen LogP contribution in [0.1, 0.15) is 59.3 Å². The lowest BCUT2D eigenvalue weighted by molar-refractivity contribution is 0.558. The molecule has 0 unspecified atom stereocenters. The van der Waals surface area contributed by atoms with Gasteiger partial charge in [-0.2, -0.15) is 4.67 Å². The predicted octanol–water partition coefficient (Wildman–Crippen LogP) is 13.3. The summed E-state index contributed by atoms with van der Waals surface area (Å²) < 4.78 is 17.4. The Morgan fingerprint density at radius 1 is 0.479 bits per heavy atom. The lowest BCUT2D eigenvalue weighted by Gasteiger charge is -2.32. The molecule has 0 radical (unpaired) electrons. The first kappa shape index (κ1) is 31.8. The molecule has 6 aromatic carbocycles. The van der Waals surface area contributed by atoms with Gasteiger partial charge in [0.25, 0.3) is 0 Å². The zero-order valence-electron chi connectivity index (χ0n) is 28.6. The molecule has 0 N–H and O–H groups in total. The summed E-state index contributed by atoms with van der Waals surface area (Å²) in [5, 5.41) is 2.24. The van der Waals surface area contributed by atoms with E-state index in [1.54, 1.807) is 0 Å². The number of aryl methyl sites for hydroxylation is 4. The summed E-state index contributed by atoms with van der Waals surface area (Å²) in [7, 11) is -1.68. The molecule has 0 fully saturated rings. The van der Waals surface area contributed by atoms with Crippen LogP contribution in [0.5, 0.6) is 0 Å². The fourth-order valence-corrected chi connectivity index (χ4v) is 8.65. The van der Waals surface area contributed by atoms with E-state index in [-0.39, 0.29) is 12.1 Å². The van der Waals surface area contributed by atoms with Crippen molar-refractivity contribution in [1.82, 2.24) is 0 Å². The van der Waals surface area contributed by atoms with Crippen LogP contribution in [0.25, 0.3) is 44.2 Å². The van der Waals surface area contributed by atoms with Gasteiger partial charge < -0.3 is 8.39 Å². The molecular formula is C44H42NO2P. The Kier molecular flexibility index (Phi) is 8.84. The van der Waals surface area contributed by atoms with Gasteiger partial charge in [-0.25, -0.2) is 0 Å². The van der Waals surface area contributed by atoms with Crippen LogP contribution in [-0.4, -0.2) is 0 Å². The zero-order chi connectivity index (χ0) is 33.4. The monoisotopic (exact) mass is 647 g/mol. The molecule has 2 atom stereocenters. The summed E-state index contributed by atoms with van der Waals surface area (Å²) in [6.45, 7) is 13.4. The maximum Gasteiger partial charge on any atom is 0.310 e. The first-order valence-corrected chi connectivity index (χ1v) is 17.9. The van der Waals surface area contributed by atoms with Gasteiger partial charge in [0.05, 0.1) is 0 Å². The van der Waals surface area contributed by atoms with E-state index in [0.29, 0.717) is 0 Å². The van der Waals surface area contributed by atoms with Gasteiger partial charge in [-0.15, -0.1) is 0 Å². The molecule has 0 saturated heterocycles. The Morgan fingerprint density at radius 3 is 1.17 bits per heavy atom. The fourth-order valence-electron chi connectivity index (χ4n) is 6.90. The number of fused-ring (bicyclic) bond motifs is 3. The molecule has 240 valence electrons. The van der Waals surface area contributed by atoms with Crippen LogP contribution in [-0.2, 0) is 0 Å². The molecule has 0 aliphatic heterocycles. The minimum absolute atomic E-state index is 0.00374. The van der Waals surface area contributed by atoms with Gasteiger partial charge in [-0.1, -0.05) is 121 Å². The van der Waals surface area contributed by atoms with Crippen LogP contribution in [0.3, 0.4) is 0 Å². The normalized spacial score (nSPS) is 12.8. The molecule has 1 heterocycles. The highest BCUT2D eigenvalue weighted by molar-refractivity contribution is 7.39. The standard InChI is InChI=1S/C44H42NO2P/c1-29-27-39(37-23-15-9-16-24-37)43-41(31(29)3)42-32(4)30(2)28-40(38-25-17-10-18-26-38)44(42)47-48(46-43)45(33(5)35-19-11-7-12-20-35)34(6)36-21-13-8-14-22-36/h7-28,33-34H,1-6H3/t33-,34-/m1/s1. The highest BCUT2D eigenvalue weighted by Crippen LogP contribution is 2.50. The van der Waals surface area contributed by atoms with Crippen LogP contribution >= 0.6 is 8.16 Å². The Balaban J connectivity index is 1.69. The Bertz CT molecular complexity index is 2090. The maximum atomic E-state index is 7.46. The topological polar surface area (TPSA) is 29.5 Å². The average molecular weight is 648 g/mol. The van der Waals surface area contributed by atoms with E-state index in [1.807, 2.05) is 0 Å². The van der Waals surface area contributed by atoms with Crippen LogP contribution in [0, 0.1) is 27.7 Å². The number of hydrogen-bond donors (Lipinski definition) is 0. The van der Waals surface area contributed by atoms with E-state index in [9.17, 15) is 0 Å². The minimum Gasteiger partial charge on any atom is -0.407 e. The van der Waals surface area contributed by atoms with Crippen LogP contribution in [0.4, 0.5) is 0 Å². The van der Waals surface area contributed by atoms with Gasteiger partial charge in [0.2, 0.25) is 0 Å². The first-order valence-electron chi connectivity index (χ1n) is 16.8. The van der Waals surface area contributed by atoms with Gasteiger partial charge >= 0.3 is 8.16 Å². The summed E-state index contributed by atoms with van der Waals surface area (Å²) >= 11 is 0. The largest absolute Gasteiger partial charge is 0.407 e. The quantitative estimate of drug-likeness (QED) is 0.172. The second kappa shape index (κ2) is 13.4. The van der Waals surface area contributed by atoms with E-state index in [4.69, 9.17) is 8.39 Å². The molecule has 3 nitrogen and oxygen atoms in total. The number of nitrogens with zero attached hydrogens (tertiary/aromatic N) is 1. The molecule has 7 aromatic rings. The van der Waals surface area contributed by atoms with Gasteiger partial charge in [-0.05, 0) is 98.2 Å². The molecule has 1 aromatic heterocycles. The zero-order valence-corrected chi connectivity index (χ0v) is 29.5. The highest BCUT2D eigenvalue weighted by Gasteiger charge is 2.30. The van der Waals surface area contributed by atoms with Crippen molar-refractivity contribution < 1.29 is 8.39 Å². The summed E-state index contributed by atoms with van der Waals surface area (Å²) in [6.07, 6.45) is 0. The van der Waals surface area contributed by atoms with E-state index in [1.165, 1.54) is 33.4 Å². The van der Waals surface area contributed by atoms with Gasteiger partial charge in [0.1, 0.15) is 0 Å². The van der Waals surface area contributed by atoms with Crippen molar-refractivity contribution in [2.75, 3.05) is 4.67 Å². The van der Waals surface area contributed by atoms with Crippen molar-refractivity contribution in [3.8, 4) is 22.3 Å². The predicted molar refractivity (Wildman–Crippen MR) is 204 cm³/mol. The third-order valence-corrected chi connectivity index (χ3v) is 11.7. The summed E-state index contributed by atoms with van der Waals surface area (Å²) in [5.41, 5.74) is 13.5. The Hall–Kier alpha value is -4.82. The van der Waals surface area contributed by atoms with Gasteiger partial charge in [0, 0.05) is 34.0 Å². The van der Waals surface area contributed by atoms with Crippen LogP contribution in [0.15, 0.2) is 142 Å². The molecule has 0 bridgehead atoms. The van der Waals surface area contributed by atoms with Crippen molar-refractivity contribution in [2.45, 2.75) is 53.6 Å². The van der Waals surface area contributed by atoms with Crippen molar-refractivity contribution in [3.63, 3.8) is 0 Å². The van der Waals surface area contributed by atoms with Crippen LogP contribution in [0.2, 0.25) is 0 Å². The Morgan fingerprint density at radius 2 is 0.812 bits per heavy atom. The molecule has 48 heavy (non-hydrogen) atoms.